The Hall–Kier alpha value is -1.89. The van der Waals surface area contributed by atoms with Crippen molar-refractivity contribution in [3.05, 3.63) is 33.2 Å². The molecule has 1 heterocycles. The van der Waals surface area contributed by atoms with Gasteiger partial charge in [0.05, 0.1) is 0 Å². The van der Waals surface area contributed by atoms with Crippen LogP contribution in [-0.4, -0.2) is 10.8 Å². The third-order valence-corrected chi connectivity index (χ3v) is 2.92. The van der Waals surface area contributed by atoms with Gasteiger partial charge in [0.15, 0.2) is 5.78 Å². The van der Waals surface area contributed by atoms with E-state index < -0.39 is 5.56 Å². The number of pyridine rings is 1. The van der Waals surface area contributed by atoms with E-state index in [9.17, 15) is 9.59 Å². The summed E-state index contributed by atoms with van der Waals surface area (Å²) in [5.41, 5.74) is 0.567. The average Bonchev–Trinajstić information content (AvgIpc) is 2.34. The number of aryl methyl sites for hydroxylation is 1. The van der Waals surface area contributed by atoms with E-state index in [1.54, 1.807) is 13.0 Å². The fourth-order valence-corrected chi connectivity index (χ4v) is 1.84. The van der Waals surface area contributed by atoms with E-state index >= 15 is 0 Å². The second-order valence-corrected chi connectivity index (χ2v) is 4.40. The maximum atomic E-state index is 12.0. The van der Waals surface area contributed by atoms with Crippen LogP contribution in [0.15, 0.2) is 10.9 Å². The lowest BCUT2D eigenvalue weighted by molar-refractivity contribution is 0.0978. The van der Waals surface area contributed by atoms with Gasteiger partial charge in [-0.1, -0.05) is 26.2 Å². The molecule has 0 unspecified atom stereocenters. The van der Waals surface area contributed by atoms with Crippen LogP contribution in [0.2, 0.25) is 0 Å². The number of unbranched alkanes of at least 4 members (excludes halogenated alkanes) is 3. The molecule has 1 rings (SSSR count). The lowest BCUT2D eigenvalue weighted by atomic mass is 10.0. The highest BCUT2D eigenvalue weighted by molar-refractivity contribution is 5.97. The molecule has 1 aromatic rings. The second kappa shape index (κ2) is 6.75. The molecule has 18 heavy (non-hydrogen) atoms. The van der Waals surface area contributed by atoms with Crippen LogP contribution in [-0.2, 0) is 0 Å². The second-order valence-electron chi connectivity index (χ2n) is 4.40. The summed E-state index contributed by atoms with van der Waals surface area (Å²) in [7, 11) is 0. The average molecular weight is 246 g/mol. The summed E-state index contributed by atoms with van der Waals surface area (Å²) in [4.78, 5) is 25.9. The highest BCUT2D eigenvalue weighted by Gasteiger charge is 2.12. The Kier molecular flexibility index (Phi) is 5.31. The number of carbonyl (C=O) groups is 1. The monoisotopic (exact) mass is 246 g/mol. The number of aromatic amines is 1. The van der Waals surface area contributed by atoms with Crippen LogP contribution in [0.5, 0.6) is 0 Å². The maximum Gasteiger partial charge on any atom is 0.266 e. The smallest absolute Gasteiger partial charge is 0.266 e. The number of nitriles is 1. The van der Waals surface area contributed by atoms with Crippen molar-refractivity contribution in [2.45, 2.75) is 46.0 Å². The van der Waals surface area contributed by atoms with Gasteiger partial charge in [0.25, 0.3) is 5.56 Å². The summed E-state index contributed by atoms with van der Waals surface area (Å²) < 4.78 is 0. The number of hydrogen-bond donors (Lipinski definition) is 1. The van der Waals surface area contributed by atoms with Crippen molar-refractivity contribution in [1.29, 1.82) is 5.26 Å². The van der Waals surface area contributed by atoms with Crippen LogP contribution in [0, 0.1) is 18.3 Å². The van der Waals surface area contributed by atoms with E-state index in [4.69, 9.17) is 5.26 Å². The molecule has 0 amide bonds. The number of carbonyl (C=O) groups excluding carboxylic acids is 1. The van der Waals surface area contributed by atoms with E-state index in [2.05, 4.69) is 11.9 Å². The van der Waals surface area contributed by atoms with Crippen molar-refractivity contribution >= 4 is 5.78 Å². The molecule has 4 heteroatoms. The Morgan fingerprint density at radius 3 is 2.72 bits per heavy atom. The van der Waals surface area contributed by atoms with Crippen molar-refractivity contribution in [1.82, 2.24) is 4.98 Å². The van der Waals surface area contributed by atoms with Crippen LogP contribution < -0.4 is 5.56 Å². The first-order chi connectivity index (χ1) is 8.60. The lowest BCUT2D eigenvalue weighted by Gasteiger charge is -2.05. The van der Waals surface area contributed by atoms with Crippen LogP contribution in [0.4, 0.5) is 0 Å². The number of H-pyrrole nitrogens is 1. The summed E-state index contributed by atoms with van der Waals surface area (Å²) in [6.45, 7) is 3.80. The highest BCUT2D eigenvalue weighted by atomic mass is 16.1. The van der Waals surface area contributed by atoms with Crippen LogP contribution >= 0.6 is 0 Å². The third-order valence-electron chi connectivity index (χ3n) is 2.92. The molecular weight excluding hydrogens is 228 g/mol. The molecule has 0 saturated carbocycles. The van der Waals surface area contributed by atoms with Crippen molar-refractivity contribution in [2.24, 2.45) is 0 Å². The predicted octanol–water partition coefficient (Wildman–Crippen LogP) is 2.71. The van der Waals surface area contributed by atoms with Gasteiger partial charge in [-0.2, -0.15) is 5.26 Å². The van der Waals surface area contributed by atoms with E-state index in [1.807, 2.05) is 0 Å². The Bertz CT molecular complexity index is 524. The molecular formula is C14H18N2O2. The molecule has 0 aliphatic heterocycles. The van der Waals surface area contributed by atoms with Crippen LogP contribution in [0.3, 0.4) is 0 Å². The Morgan fingerprint density at radius 2 is 2.11 bits per heavy atom. The molecule has 96 valence electrons. The zero-order chi connectivity index (χ0) is 13.5. The quantitative estimate of drug-likeness (QED) is 0.619. The topological polar surface area (TPSA) is 73.7 Å². The Labute approximate surface area is 107 Å². The van der Waals surface area contributed by atoms with Gasteiger partial charge < -0.3 is 4.98 Å². The molecule has 1 aromatic heterocycles. The number of Topliss-reactive ketones (excluding diaryl/α,β-unsaturated/α-hetero) is 1. The lowest BCUT2D eigenvalue weighted by Crippen LogP contribution is -2.15. The van der Waals surface area contributed by atoms with Crippen LogP contribution in [0.1, 0.15) is 60.6 Å². The molecule has 0 fully saturated rings. The van der Waals surface area contributed by atoms with Crippen molar-refractivity contribution in [3.63, 3.8) is 0 Å². The van der Waals surface area contributed by atoms with Crippen molar-refractivity contribution in [3.8, 4) is 6.07 Å². The summed E-state index contributed by atoms with van der Waals surface area (Å²) in [6, 6.07) is 3.20. The van der Waals surface area contributed by atoms with Gasteiger partial charge >= 0.3 is 0 Å². The number of aromatic nitrogens is 1. The summed E-state index contributed by atoms with van der Waals surface area (Å²) in [5, 5.41) is 8.78. The minimum atomic E-state index is -0.433. The minimum absolute atomic E-state index is 0.00231. The van der Waals surface area contributed by atoms with Gasteiger partial charge in [-0.15, -0.1) is 0 Å². The number of ketones is 1. The normalized spacial score (nSPS) is 10.1. The number of hydrogen-bond acceptors (Lipinski definition) is 3. The van der Waals surface area contributed by atoms with Gasteiger partial charge in [0.2, 0.25) is 0 Å². The molecule has 0 aromatic carbocycles. The van der Waals surface area contributed by atoms with Crippen LogP contribution in [0.25, 0.3) is 0 Å². The molecule has 0 saturated heterocycles. The van der Waals surface area contributed by atoms with E-state index in [1.165, 1.54) is 6.07 Å². The minimum Gasteiger partial charge on any atom is -0.325 e. The zero-order valence-electron chi connectivity index (χ0n) is 10.9. The van der Waals surface area contributed by atoms with Crippen molar-refractivity contribution < 1.29 is 4.79 Å². The first-order valence-electron chi connectivity index (χ1n) is 6.27. The summed E-state index contributed by atoms with van der Waals surface area (Å²) in [6.07, 6.45) is 4.62. The molecule has 0 aliphatic carbocycles. The number of nitrogens with one attached hydrogen (secondary N) is 1. The standard InChI is InChI=1S/C14H18N2O2/c1-3-4-5-6-7-13(17)12-8-11(9-15)14(18)16-10(12)2/h8H,3-7H2,1-2H3,(H,16,18). The highest BCUT2D eigenvalue weighted by Crippen LogP contribution is 2.11. The fraction of sp³-hybridized carbons (Fsp3) is 0.500. The number of rotatable bonds is 6. The SMILES string of the molecule is CCCCCCC(=O)c1cc(C#N)c(=O)[nH]c1C. The number of nitrogens with zero attached hydrogens (tertiary/aromatic N) is 1. The Morgan fingerprint density at radius 1 is 1.39 bits per heavy atom. The zero-order valence-corrected chi connectivity index (χ0v) is 10.9. The van der Waals surface area contributed by atoms with E-state index in [0.29, 0.717) is 17.7 Å². The molecule has 0 radical (unpaired) electrons. The largest absolute Gasteiger partial charge is 0.325 e. The first-order valence-corrected chi connectivity index (χ1v) is 6.27. The molecule has 0 spiro atoms. The molecule has 0 atom stereocenters. The molecule has 0 bridgehead atoms. The molecule has 0 aliphatic rings. The molecule has 1 N–H and O–H groups in total. The van der Waals surface area contributed by atoms with Gasteiger partial charge in [-0.25, -0.2) is 0 Å². The summed E-state index contributed by atoms with van der Waals surface area (Å²) in [5.74, 6) is -0.00338. The van der Waals surface area contributed by atoms with Gasteiger partial charge in [-0.05, 0) is 19.4 Å². The molecule has 4 nitrogen and oxygen atoms in total. The van der Waals surface area contributed by atoms with Gasteiger partial charge in [0.1, 0.15) is 11.6 Å². The van der Waals surface area contributed by atoms with Gasteiger partial charge in [0, 0.05) is 17.7 Å². The fourth-order valence-electron chi connectivity index (χ4n) is 1.84. The predicted molar refractivity (Wildman–Crippen MR) is 69.6 cm³/mol. The summed E-state index contributed by atoms with van der Waals surface area (Å²) >= 11 is 0. The first kappa shape index (κ1) is 14.2. The van der Waals surface area contributed by atoms with E-state index in [-0.39, 0.29) is 11.3 Å². The van der Waals surface area contributed by atoms with Gasteiger partial charge in [-0.3, -0.25) is 9.59 Å². The van der Waals surface area contributed by atoms with E-state index in [0.717, 1.165) is 25.7 Å². The Balaban J connectivity index is 2.80. The third kappa shape index (κ3) is 3.56. The van der Waals surface area contributed by atoms with Crippen molar-refractivity contribution in [2.75, 3.05) is 0 Å². The maximum absolute atomic E-state index is 12.0.